The molecule has 1 saturated heterocycles. The van der Waals surface area contributed by atoms with E-state index < -0.39 is 0 Å². The summed E-state index contributed by atoms with van der Waals surface area (Å²) in [7, 11) is 1.60. The number of likely N-dealkylation sites (tertiary alicyclic amines) is 1. The summed E-state index contributed by atoms with van der Waals surface area (Å²) in [6.07, 6.45) is 3.86. The number of rotatable bonds is 4. The van der Waals surface area contributed by atoms with Gasteiger partial charge >= 0.3 is 6.03 Å². The lowest BCUT2D eigenvalue weighted by atomic mass is 9.97. The van der Waals surface area contributed by atoms with Crippen LogP contribution in [-0.2, 0) is 11.3 Å². The Morgan fingerprint density at radius 3 is 2.87 bits per heavy atom. The van der Waals surface area contributed by atoms with Gasteiger partial charge in [0, 0.05) is 39.0 Å². The zero-order valence-electron chi connectivity index (χ0n) is 14.2. The van der Waals surface area contributed by atoms with E-state index in [9.17, 15) is 9.59 Å². The fourth-order valence-electron chi connectivity index (χ4n) is 3.08. The van der Waals surface area contributed by atoms with Crippen molar-refractivity contribution in [1.82, 2.24) is 9.47 Å². The van der Waals surface area contributed by atoms with E-state index in [0.717, 1.165) is 25.9 Å². The molecule has 1 aromatic heterocycles. The molecule has 1 N–H and O–H groups in total. The van der Waals surface area contributed by atoms with Gasteiger partial charge < -0.3 is 19.5 Å². The molecule has 0 unspecified atom stereocenters. The Morgan fingerprint density at radius 1 is 1.35 bits per heavy atom. The molecular formula is C17H27N3O3. The number of nitrogens with one attached hydrogen (secondary N) is 1. The minimum absolute atomic E-state index is 0.0945. The fraction of sp³-hybridized carbons (Fsp3) is 0.647. The highest BCUT2D eigenvalue weighted by molar-refractivity contribution is 5.89. The first-order chi connectivity index (χ1) is 11.0. The van der Waals surface area contributed by atoms with Gasteiger partial charge in [-0.25, -0.2) is 4.79 Å². The van der Waals surface area contributed by atoms with Crippen LogP contribution in [-0.4, -0.2) is 42.3 Å². The molecule has 6 nitrogen and oxygen atoms in total. The number of aromatic nitrogens is 1. The van der Waals surface area contributed by atoms with Crippen LogP contribution in [0, 0.1) is 11.8 Å². The van der Waals surface area contributed by atoms with Gasteiger partial charge in [0.1, 0.15) is 0 Å². The van der Waals surface area contributed by atoms with Crippen molar-refractivity contribution in [3.8, 4) is 0 Å². The highest BCUT2D eigenvalue weighted by atomic mass is 16.5. The standard InChI is InChI=1S/C17H27N3O3/c1-13-6-7-20(11-14(2)10-13)17(22)18-15-4-5-16(21)19(12-15)8-9-23-3/h4-5,12-14H,6-11H2,1-3H3,(H,18,22)/t13-,14-/m1/s1. The molecule has 0 aromatic carbocycles. The molecule has 1 aliphatic rings. The third kappa shape index (κ3) is 5.10. The predicted octanol–water partition coefficient (Wildman–Crippen LogP) is 2.39. The van der Waals surface area contributed by atoms with Crippen molar-refractivity contribution in [1.29, 1.82) is 0 Å². The number of carbonyl (C=O) groups excluding carboxylic acids is 1. The highest BCUT2D eigenvalue weighted by Gasteiger charge is 2.22. The van der Waals surface area contributed by atoms with E-state index >= 15 is 0 Å². The SMILES string of the molecule is COCCn1cc(NC(=O)N2CC[C@@H](C)C[C@@H](C)C2)ccc1=O. The van der Waals surface area contributed by atoms with Crippen LogP contribution in [0.15, 0.2) is 23.1 Å². The average Bonchev–Trinajstić information content (AvgIpc) is 2.68. The number of carbonyl (C=O) groups is 1. The van der Waals surface area contributed by atoms with E-state index in [2.05, 4.69) is 19.2 Å². The fourth-order valence-corrected chi connectivity index (χ4v) is 3.08. The van der Waals surface area contributed by atoms with Crippen molar-refractivity contribution in [2.75, 3.05) is 32.1 Å². The molecule has 2 atom stereocenters. The second-order valence-electron chi connectivity index (χ2n) is 6.55. The summed E-state index contributed by atoms with van der Waals surface area (Å²) < 4.78 is 6.55. The van der Waals surface area contributed by atoms with Crippen LogP contribution in [0.1, 0.15) is 26.7 Å². The maximum atomic E-state index is 12.5. The third-order valence-electron chi connectivity index (χ3n) is 4.29. The van der Waals surface area contributed by atoms with Crippen LogP contribution >= 0.6 is 0 Å². The summed E-state index contributed by atoms with van der Waals surface area (Å²) in [5.41, 5.74) is 0.535. The normalized spacial score (nSPS) is 21.8. The number of ether oxygens (including phenoxy) is 1. The maximum Gasteiger partial charge on any atom is 0.321 e. The molecule has 0 radical (unpaired) electrons. The number of methoxy groups -OCH3 is 1. The van der Waals surface area contributed by atoms with Gasteiger partial charge in [0.15, 0.2) is 0 Å². The van der Waals surface area contributed by atoms with Crippen LogP contribution < -0.4 is 10.9 Å². The molecule has 2 rings (SSSR count). The molecular weight excluding hydrogens is 294 g/mol. The zero-order chi connectivity index (χ0) is 16.8. The Hall–Kier alpha value is -1.82. The van der Waals surface area contributed by atoms with Gasteiger partial charge in [-0.2, -0.15) is 0 Å². The topological polar surface area (TPSA) is 63.6 Å². The quantitative estimate of drug-likeness (QED) is 0.926. The molecule has 1 fully saturated rings. The molecule has 23 heavy (non-hydrogen) atoms. The van der Waals surface area contributed by atoms with Gasteiger partial charge in [0.05, 0.1) is 12.3 Å². The Bertz CT molecular complexity index is 585. The summed E-state index contributed by atoms with van der Waals surface area (Å²) in [6, 6.07) is 3.02. The Morgan fingerprint density at radius 2 is 2.13 bits per heavy atom. The van der Waals surface area contributed by atoms with Gasteiger partial charge in [-0.15, -0.1) is 0 Å². The number of nitrogens with zero attached hydrogens (tertiary/aromatic N) is 2. The van der Waals surface area contributed by atoms with Crippen molar-refractivity contribution in [3.05, 3.63) is 28.7 Å². The number of anilines is 1. The minimum Gasteiger partial charge on any atom is -0.383 e. The number of pyridine rings is 1. The van der Waals surface area contributed by atoms with E-state index in [1.807, 2.05) is 4.90 Å². The van der Waals surface area contributed by atoms with Crippen LogP contribution in [0.4, 0.5) is 10.5 Å². The molecule has 1 aromatic rings. The van der Waals surface area contributed by atoms with E-state index in [1.165, 1.54) is 6.07 Å². The predicted molar refractivity (Wildman–Crippen MR) is 90.7 cm³/mol. The van der Waals surface area contributed by atoms with Crippen molar-refractivity contribution >= 4 is 11.7 Å². The summed E-state index contributed by atoms with van der Waals surface area (Å²) >= 11 is 0. The molecule has 0 aliphatic carbocycles. The zero-order valence-corrected chi connectivity index (χ0v) is 14.2. The van der Waals surface area contributed by atoms with E-state index in [4.69, 9.17) is 4.74 Å². The summed E-state index contributed by atoms with van der Waals surface area (Å²) in [6.45, 7) is 6.91. The van der Waals surface area contributed by atoms with Gasteiger partial charge in [0.2, 0.25) is 0 Å². The lowest BCUT2D eigenvalue weighted by Gasteiger charge is -2.23. The smallest absolute Gasteiger partial charge is 0.321 e. The Labute approximate surface area is 137 Å². The summed E-state index contributed by atoms with van der Waals surface area (Å²) in [4.78, 5) is 26.1. The number of hydrogen-bond acceptors (Lipinski definition) is 3. The van der Waals surface area contributed by atoms with Crippen LogP contribution in [0.25, 0.3) is 0 Å². The molecule has 0 spiro atoms. The molecule has 2 heterocycles. The molecule has 1 aliphatic heterocycles. The largest absolute Gasteiger partial charge is 0.383 e. The Kier molecular flexibility index (Phi) is 6.21. The minimum atomic E-state index is -0.0998. The lowest BCUT2D eigenvalue weighted by molar-refractivity contribution is 0.186. The van der Waals surface area contributed by atoms with Crippen LogP contribution in [0.5, 0.6) is 0 Å². The van der Waals surface area contributed by atoms with Gasteiger partial charge in [-0.05, 0) is 30.7 Å². The van der Waals surface area contributed by atoms with Gasteiger partial charge in [-0.3, -0.25) is 4.79 Å². The lowest BCUT2D eigenvalue weighted by Crippen LogP contribution is -2.37. The maximum absolute atomic E-state index is 12.5. The first-order valence-corrected chi connectivity index (χ1v) is 8.25. The summed E-state index contributed by atoms with van der Waals surface area (Å²) in [5.74, 6) is 1.16. The van der Waals surface area contributed by atoms with Crippen molar-refractivity contribution in [2.24, 2.45) is 11.8 Å². The van der Waals surface area contributed by atoms with Crippen molar-refractivity contribution in [3.63, 3.8) is 0 Å². The second-order valence-corrected chi connectivity index (χ2v) is 6.55. The first-order valence-electron chi connectivity index (χ1n) is 8.25. The number of hydrogen-bond donors (Lipinski definition) is 1. The number of urea groups is 1. The third-order valence-corrected chi connectivity index (χ3v) is 4.29. The van der Waals surface area contributed by atoms with Crippen LogP contribution in [0.2, 0.25) is 0 Å². The first kappa shape index (κ1) is 17.5. The monoisotopic (exact) mass is 321 g/mol. The molecule has 128 valence electrons. The average molecular weight is 321 g/mol. The van der Waals surface area contributed by atoms with E-state index in [1.54, 1.807) is 23.9 Å². The second kappa shape index (κ2) is 8.15. The van der Waals surface area contributed by atoms with Crippen molar-refractivity contribution < 1.29 is 9.53 Å². The molecule has 0 saturated carbocycles. The van der Waals surface area contributed by atoms with Gasteiger partial charge in [0.25, 0.3) is 5.56 Å². The summed E-state index contributed by atoms with van der Waals surface area (Å²) in [5, 5.41) is 2.91. The van der Waals surface area contributed by atoms with E-state index in [-0.39, 0.29) is 11.6 Å². The van der Waals surface area contributed by atoms with Crippen LogP contribution in [0.3, 0.4) is 0 Å². The van der Waals surface area contributed by atoms with Crippen molar-refractivity contribution in [2.45, 2.75) is 33.2 Å². The molecule has 0 bridgehead atoms. The highest BCUT2D eigenvalue weighted by Crippen LogP contribution is 2.21. The number of amides is 2. The van der Waals surface area contributed by atoms with E-state index in [0.29, 0.717) is 30.7 Å². The molecule has 2 amide bonds. The van der Waals surface area contributed by atoms with Gasteiger partial charge in [-0.1, -0.05) is 13.8 Å². The molecule has 6 heteroatoms. The Balaban J connectivity index is 2.03.